The first kappa shape index (κ1) is 23.2. The number of halogens is 3. The van der Waals surface area contributed by atoms with Gasteiger partial charge in [-0.1, -0.05) is 30.3 Å². The number of aliphatic imine (C=N–C) groups is 1. The number of rotatable bonds is 8. The fourth-order valence-electron chi connectivity index (χ4n) is 3.27. The summed E-state index contributed by atoms with van der Waals surface area (Å²) in [7, 11) is -4.08. The number of anilines is 1. The van der Waals surface area contributed by atoms with E-state index < -0.39 is 28.2 Å². The van der Waals surface area contributed by atoms with E-state index in [1.54, 1.807) is 0 Å². The Morgan fingerprint density at radius 1 is 1.19 bits per heavy atom. The molecule has 0 amide bonds. The Kier molecular flexibility index (Phi) is 7.34. The van der Waals surface area contributed by atoms with Crippen LogP contribution in [0.25, 0.3) is 0 Å². The lowest BCUT2D eigenvalue weighted by atomic mass is 10.1. The molecule has 0 radical (unpaired) electrons. The van der Waals surface area contributed by atoms with Gasteiger partial charge >= 0.3 is 6.18 Å². The molecule has 0 bridgehead atoms. The lowest BCUT2D eigenvalue weighted by molar-refractivity contribution is -0.129. The van der Waals surface area contributed by atoms with Gasteiger partial charge in [0.15, 0.2) is 9.84 Å². The number of nitrogens with one attached hydrogen (secondary N) is 1. The van der Waals surface area contributed by atoms with E-state index in [2.05, 4.69) is 21.9 Å². The minimum atomic E-state index is -4.54. The molecule has 1 N–H and O–H groups in total. The normalized spacial score (nSPS) is 18.0. The van der Waals surface area contributed by atoms with E-state index in [0.717, 1.165) is 12.1 Å². The van der Waals surface area contributed by atoms with Gasteiger partial charge < -0.3 is 10.1 Å². The van der Waals surface area contributed by atoms with Crippen molar-refractivity contribution in [1.82, 2.24) is 4.90 Å². The highest BCUT2D eigenvalue weighted by Crippen LogP contribution is 2.30. The summed E-state index contributed by atoms with van der Waals surface area (Å²) < 4.78 is 67.5. The Bertz CT molecular complexity index is 998. The van der Waals surface area contributed by atoms with Crippen molar-refractivity contribution in [3.05, 3.63) is 54.1 Å². The van der Waals surface area contributed by atoms with Crippen LogP contribution < -0.4 is 5.32 Å². The van der Waals surface area contributed by atoms with Crippen molar-refractivity contribution >= 4 is 27.9 Å². The fraction of sp³-hybridized carbons (Fsp3) is 0.381. The predicted octanol–water partition coefficient (Wildman–Crippen LogP) is 4.19. The Morgan fingerprint density at radius 2 is 1.94 bits per heavy atom. The molecule has 1 saturated heterocycles. The zero-order chi connectivity index (χ0) is 22.5. The van der Waals surface area contributed by atoms with E-state index >= 15 is 0 Å². The second-order valence-electron chi connectivity index (χ2n) is 7.20. The van der Waals surface area contributed by atoms with Crippen molar-refractivity contribution in [2.45, 2.75) is 23.6 Å². The molecule has 168 valence electrons. The Hall–Kier alpha value is -2.43. The summed E-state index contributed by atoms with van der Waals surface area (Å²) in [6.45, 7) is 5.89. The molecule has 0 aliphatic carbocycles. The highest BCUT2D eigenvalue weighted by molar-refractivity contribution is 7.91. The van der Waals surface area contributed by atoms with E-state index in [1.807, 2.05) is 30.3 Å². The molecule has 2 aromatic rings. The van der Waals surface area contributed by atoms with Crippen LogP contribution in [0, 0.1) is 0 Å². The number of sulfone groups is 1. The second-order valence-corrected chi connectivity index (χ2v) is 9.31. The van der Waals surface area contributed by atoms with Gasteiger partial charge in [-0.05, 0) is 30.5 Å². The van der Waals surface area contributed by atoms with Crippen molar-refractivity contribution in [2.75, 3.05) is 37.4 Å². The fourth-order valence-corrected chi connectivity index (χ4v) is 4.57. The highest BCUT2D eigenvalue weighted by atomic mass is 32.2. The monoisotopic (exact) mass is 455 g/mol. The summed E-state index contributed by atoms with van der Waals surface area (Å²) in [6.07, 6.45) is -5.98. The van der Waals surface area contributed by atoms with Crippen LogP contribution in [0.2, 0.25) is 0 Å². The first-order chi connectivity index (χ1) is 14.7. The van der Waals surface area contributed by atoms with Gasteiger partial charge in [0.25, 0.3) is 0 Å². The molecule has 6 nitrogen and oxygen atoms in total. The summed E-state index contributed by atoms with van der Waals surface area (Å²) in [6, 6.07) is 13.9. The molecule has 2 aromatic carbocycles. The average molecular weight is 456 g/mol. The van der Waals surface area contributed by atoms with Crippen molar-refractivity contribution in [3.63, 3.8) is 0 Å². The van der Waals surface area contributed by atoms with Crippen molar-refractivity contribution in [1.29, 1.82) is 0 Å². The molecule has 1 atom stereocenters. The smallest absolute Gasteiger partial charge is 0.371 e. The largest absolute Gasteiger partial charge is 0.390 e. The molecule has 3 rings (SSSR count). The lowest BCUT2D eigenvalue weighted by Gasteiger charge is -2.33. The van der Waals surface area contributed by atoms with Gasteiger partial charge in [-0.25, -0.2) is 8.42 Å². The van der Waals surface area contributed by atoms with Crippen LogP contribution in [-0.2, 0) is 14.6 Å². The van der Waals surface area contributed by atoms with Crippen molar-refractivity contribution < 1.29 is 26.3 Å². The zero-order valence-corrected chi connectivity index (χ0v) is 17.6. The Labute approximate surface area is 179 Å². The molecule has 31 heavy (non-hydrogen) atoms. The molecule has 1 heterocycles. The first-order valence-corrected chi connectivity index (χ1v) is 11.4. The minimum Gasteiger partial charge on any atom is -0.371 e. The molecule has 10 heteroatoms. The van der Waals surface area contributed by atoms with Crippen LogP contribution in [0.4, 0.5) is 24.5 Å². The van der Waals surface area contributed by atoms with Gasteiger partial charge in [0.2, 0.25) is 0 Å². The third kappa shape index (κ3) is 6.52. The molecular weight excluding hydrogens is 431 g/mol. The Morgan fingerprint density at radius 3 is 2.61 bits per heavy atom. The van der Waals surface area contributed by atoms with E-state index in [4.69, 9.17) is 4.74 Å². The third-order valence-corrected chi connectivity index (χ3v) is 6.68. The van der Waals surface area contributed by atoms with E-state index in [0.29, 0.717) is 25.5 Å². The van der Waals surface area contributed by atoms with Crippen LogP contribution in [0.1, 0.15) is 18.1 Å². The molecule has 0 aromatic heterocycles. The maximum absolute atomic E-state index is 12.4. The van der Waals surface area contributed by atoms with E-state index in [1.165, 1.54) is 18.2 Å². The lowest BCUT2D eigenvalue weighted by Crippen LogP contribution is -2.41. The number of benzene rings is 2. The summed E-state index contributed by atoms with van der Waals surface area (Å²) in [5, 5.41) is 3.20. The number of morpholine rings is 1. The second kappa shape index (κ2) is 9.80. The molecule has 1 fully saturated rings. The molecule has 1 unspecified atom stereocenters. The SMILES string of the molecule is C=Nc1cc(S(=O)(=O)CCC(F)(F)F)ccc1NCN1CCOC(c2ccccc2)C1. The van der Waals surface area contributed by atoms with Crippen molar-refractivity contribution in [3.8, 4) is 0 Å². The van der Waals surface area contributed by atoms with Crippen LogP contribution in [0.5, 0.6) is 0 Å². The zero-order valence-electron chi connectivity index (χ0n) is 16.8. The highest BCUT2D eigenvalue weighted by Gasteiger charge is 2.30. The van der Waals surface area contributed by atoms with Gasteiger partial charge in [0.1, 0.15) is 0 Å². The number of alkyl halides is 3. The van der Waals surface area contributed by atoms with Crippen LogP contribution in [-0.4, -0.2) is 58.3 Å². The van der Waals surface area contributed by atoms with E-state index in [-0.39, 0.29) is 16.7 Å². The predicted molar refractivity (Wildman–Crippen MR) is 114 cm³/mol. The summed E-state index contributed by atoms with van der Waals surface area (Å²) in [5.41, 5.74) is 1.91. The van der Waals surface area contributed by atoms with Gasteiger partial charge in [0, 0.05) is 13.1 Å². The average Bonchev–Trinajstić information content (AvgIpc) is 2.76. The molecule has 0 saturated carbocycles. The third-order valence-electron chi connectivity index (χ3n) is 4.97. The quantitative estimate of drug-likeness (QED) is 0.605. The van der Waals surface area contributed by atoms with Crippen LogP contribution in [0.15, 0.2) is 58.4 Å². The number of ether oxygens (including phenoxy) is 1. The molecular formula is C21H24F3N3O3S. The maximum atomic E-state index is 12.4. The summed E-state index contributed by atoms with van der Waals surface area (Å²) in [5.74, 6) is -1.01. The van der Waals surface area contributed by atoms with Crippen LogP contribution >= 0.6 is 0 Å². The van der Waals surface area contributed by atoms with E-state index in [9.17, 15) is 21.6 Å². The van der Waals surface area contributed by atoms with Gasteiger partial charge in [-0.2, -0.15) is 13.2 Å². The minimum absolute atomic E-state index is 0.0464. The molecule has 0 spiro atoms. The van der Waals surface area contributed by atoms with Crippen molar-refractivity contribution in [2.24, 2.45) is 4.99 Å². The molecule has 1 aliphatic rings. The molecule has 1 aliphatic heterocycles. The maximum Gasteiger partial charge on any atom is 0.390 e. The summed E-state index contributed by atoms with van der Waals surface area (Å²) in [4.78, 5) is 5.78. The van der Waals surface area contributed by atoms with Crippen LogP contribution in [0.3, 0.4) is 0 Å². The first-order valence-electron chi connectivity index (χ1n) is 9.71. The number of nitrogens with zero attached hydrogens (tertiary/aromatic N) is 2. The standard InChI is InChI=1S/C21H24F3N3O3S/c1-25-19-13-17(31(28,29)12-9-21(22,23)24)7-8-18(19)26-15-27-10-11-30-20(14-27)16-5-3-2-4-6-16/h2-8,13,20,26H,1,9-12,14-15H2. The van der Waals surface area contributed by atoms with Gasteiger partial charge in [-0.3, -0.25) is 9.89 Å². The van der Waals surface area contributed by atoms with Gasteiger partial charge in [-0.15, -0.1) is 0 Å². The summed E-state index contributed by atoms with van der Waals surface area (Å²) >= 11 is 0. The Balaban J connectivity index is 1.65. The topological polar surface area (TPSA) is 71.0 Å². The number of hydrogen-bond donors (Lipinski definition) is 1. The van der Waals surface area contributed by atoms with Gasteiger partial charge in [0.05, 0.1) is 47.8 Å². The number of hydrogen-bond acceptors (Lipinski definition) is 6.